The lowest BCUT2D eigenvalue weighted by Gasteiger charge is -2.17. The first kappa shape index (κ1) is 16.4. The molecule has 0 unspecified atom stereocenters. The second-order valence-electron chi connectivity index (χ2n) is 5.94. The Morgan fingerprint density at radius 2 is 2.08 bits per heavy atom. The van der Waals surface area contributed by atoms with Gasteiger partial charge in [-0.1, -0.05) is 11.2 Å². The van der Waals surface area contributed by atoms with Gasteiger partial charge >= 0.3 is 0 Å². The van der Waals surface area contributed by atoms with Crippen LogP contribution in [-0.4, -0.2) is 32.3 Å². The number of furan rings is 1. The number of benzene rings is 1. The summed E-state index contributed by atoms with van der Waals surface area (Å²) in [7, 11) is -3.35. The van der Waals surface area contributed by atoms with E-state index in [0.717, 1.165) is 5.56 Å². The maximum absolute atomic E-state index is 12.4. The van der Waals surface area contributed by atoms with E-state index < -0.39 is 15.9 Å². The van der Waals surface area contributed by atoms with Crippen LogP contribution in [0.5, 0.6) is 0 Å². The predicted octanol–water partition coefficient (Wildman–Crippen LogP) is 2.51. The van der Waals surface area contributed by atoms with E-state index in [0.29, 0.717) is 35.9 Å². The quantitative estimate of drug-likeness (QED) is 0.753. The molecule has 3 aromatic rings. The lowest BCUT2D eigenvalue weighted by Crippen LogP contribution is -2.27. The van der Waals surface area contributed by atoms with Gasteiger partial charge in [-0.2, -0.15) is 0 Å². The van der Waals surface area contributed by atoms with Crippen LogP contribution in [0.4, 0.5) is 11.4 Å². The van der Waals surface area contributed by atoms with E-state index in [1.807, 2.05) is 6.07 Å². The Labute approximate surface area is 149 Å². The van der Waals surface area contributed by atoms with Crippen LogP contribution >= 0.6 is 0 Å². The van der Waals surface area contributed by atoms with Crippen LogP contribution < -0.4 is 9.62 Å². The Morgan fingerprint density at radius 3 is 2.81 bits per heavy atom. The molecule has 0 fully saturated rings. The molecular weight excluding hydrogens is 358 g/mol. The largest absolute Gasteiger partial charge is 0.461 e. The zero-order valence-corrected chi connectivity index (χ0v) is 14.6. The highest BCUT2D eigenvalue weighted by Crippen LogP contribution is 2.32. The minimum absolute atomic E-state index is 0.0943. The Kier molecular flexibility index (Phi) is 3.80. The highest BCUT2D eigenvalue weighted by atomic mass is 32.2. The molecule has 26 heavy (non-hydrogen) atoms. The average Bonchev–Trinajstić information content (AvgIpc) is 3.32. The number of nitrogens with one attached hydrogen (secondary N) is 1. The first-order chi connectivity index (χ1) is 12.4. The zero-order chi connectivity index (χ0) is 18.3. The van der Waals surface area contributed by atoms with E-state index in [1.165, 1.54) is 22.9 Å². The third-order valence-corrected chi connectivity index (χ3v) is 5.28. The van der Waals surface area contributed by atoms with Gasteiger partial charge in [0.25, 0.3) is 5.91 Å². The third kappa shape index (κ3) is 2.97. The number of carbonyl (C=O) groups excluding carboxylic acids is 1. The smallest absolute Gasteiger partial charge is 0.277 e. The van der Waals surface area contributed by atoms with Crippen LogP contribution in [0.25, 0.3) is 11.5 Å². The van der Waals surface area contributed by atoms with Gasteiger partial charge in [-0.05, 0) is 36.2 Å². The van der Waals surface area contributed by atoms with Crippen molar-refractivity contribution in [3.63, 3.8) is 0 Å². The van der Waals surface area contributed by atoms with Crippen molar-refractivity contribution in [2.45, 2.75) is 6.42 Å². The van der Waals surface area contributed by atoms with E-state index in [1.54, 1.807) is 24.3 Å². The molecule has 0 saturated carbocycles. The lowest BCUT2D eigenvalue weighted by atomic mass is 10.1. The second kappa shape index (κ2) is 6.03. The number of nitrogens with zero attached hydrogens (tertiary/aromatic N) is 2. The van der Waals surface area contributed by atoms with Crippen molar-refractivity contribution in [1.82, 2.24) is 5.16 Å². The summed E-state index contributed by atoms with van der Waals surface area (Å²) in [6.07, 6.45) is 3.31. The molecule has 0 aliphatic carbocycles. The van der Waals surface area contributed by atoms with E-state index in [2.05, 4.69) is 10.5 Å². The summed E-state index contributed by atoms with van der Waals surface area (Å²) >= 11 is 0. The molecule has 0 radical (unpaired) electrons. The number of anilines is 2. The summed E-state index contributed by atoms with van der Waals surface area (Å²) in [6, 6.07) is 10.1. The first-order valence-corrected chi connectivity index (χ1v) is 9.69. The van der Waals surface area contributed by atoms with Gasteiger partial charge < -0.3 is 14.3 Å². The van der Waals surface area contributed by atoms with Gasteiger partial charge in [-0.25, -0.2) is 8.42 Å². The number of fused-ring (bicyclic) bond motifs is 1. The molecule has 2 aromatic heterocycles. The summed E-state index contributed by atoms with van der Waals surface area (Å²) < 4.78 is 35.4. The van der Waals surface area contributed by atoms with Crippen molar-refractivity contribution in [1.29, 1.82) is 0 Å². The van der Waals surface area contributed by atoms with Crippen molar-refractivity contribution in [2.24, 2.45) is 0 Å². The normalized spacial score (nSPS) is 13.7. The molecule has 8 nitrogen and oxygen atoms in total. The Morgan fingerprint density at radius 1 is 1.23 bits per heavy atom. The summed E-state index contributed by atoms with van der Waals surface area (Å²) in [5.41, 5.74) is 2.08. The highest BCUT2D eigenvalue weighted by Gasteiger charge is 2.26. The Bertz CT molecular complexity index is 1070. The molecule has 0 spiro atoms. The van der Waals surface area contributed by atoms with Gasteiger partial charge in [0.2, 0.25) is 15.8 Å². The minimum Gasteiger partial charge on any atom is -0.461 e. The van der Waals surface area contributed by atoms with E-state index in [9.17, 15) is 13.2 Å². The van der Waals surface area contributed by atoms with E-state index in [-0.39, 0.29) is 5.69 Å². The summed E-state index contributed by atoms with van der Waals surface area (Å²) in [5, 5.41) is 6.45. The highest BCUT2D eigenvalue weighted by molar-refractivity contribution is 7.92. The van der Waals surface area contributed by atoms with Gasteiger partial charge in [0.1, 0.15) is 0 Å². The van der Waals surface area contributed by atoms with Gasteiger partial charge in [0.05, 0.1) is 18.2 Å². The fourth-order valence-electron chi connectivity index (χ4n) is 2.88. The molecule has 1 N–H and O–H groups in total. The van der Waals surface area contributed by atoms with Crippen LogP contribution in [0.2, 0.25) is 0 Å². The lowest BCUT2D eigenvalue weighted by molar-refractivity contribution is 0.101. The topological polar surface area (TPSA) is 106 Å². The Balaban J connectivity index is 1.56. The molecule has 1 aliphatic heterocycles. The molecule has 1 aromatic carbocycles. The minimum atomic E-state index is -3.35. The van der Waals surface area contributed by atoms with E-state index in [4.69, 9.17) is 8.94 Å². The maximum Gasteiger partial charge on any atom is 0.277 e. The van der Waals surface area contributed by atoms with Crippen LogP contribution in [0.15, 0.2) is 51.6 Å². The fraction of sp³-hybridized carbons (Fsp3) is 0.176. The summed E-state index contributed by atoms with van der Waals surface area (Å²) in [6.45, 7) is 0.404. The summed E-state index contributed by atoms with van der Waals surface area (Å²) in [4.78, 5) is 12.4. The molecular formula is C17H15N3O5S. The molecule has 0 saturated heterocycles. The van der Waals surface area contributed by atoms with Crippen molar-refractivity contribution in [3.8, 4) is 11.5 Å². The van der Waals surface area contributed by atoms with Crippen LogP contribution in [0.1, 0.15) is 16.1 Å². The van der Waals surface area contributed by atoms with Gasteiger partial charge in [0, 0.05) is 18.3 Å². The number of carbonyl (C=O) groups is 1. The fourth-order valence-corrected chi connectivity index (χ4v) is 3.83. The van der Waals surface area contributed by atoms with Gasteiger partial charge in [-0.3, -0.25) is 9.10 Å². The number of rotatable bonds is 4. The molecule has 9 heteroatoms. The summed E-state index contributed by atoms with van der Waals surface area (Å²) in [5.74, 6) is 0.352. The number of hydrogen-bond acceptors (Lipinski definition) is 6. The monoisotopic (exact) mass is 373 g/mol. The number of sulfonamides is 1. The number of amides is 1. The van der Waals surface area contributed by atoms with Gasteiger partial charge in [-0.15, -0.1) is 0 Å². The van der Waals surface area contributed by atoms with Crippen molar-refractivity contribution in [2.75, 3.05) is 22.4 Å². The van der Waals surface area contributed by atoms with Crippen LogP contribution in [0, 0.1) is 0 Å². The standard InChI is InChI=1S/C17H15N3O5S/c1-26(22,23)20-7-6-11-4-5-12(9-14(11)20)18-17(21)13-10-16(25-19-13)15-3-2-8-24-15/h2-5,8-10H,6-7H2,1H3,(H,18,21). The zero-order valence-electron chi connectivity index (χ0n) is 13.8. The van der Waals surface area contributed by atoms with Gasteiger partial charge in [0.15, 0.2) is 11.5 Å². The molecule has 4 rings (SSSR count). The number of aromatic nitrogens is 1. The van der Waals surface area contributed by atoms with E-state index >= 15 is 0 Å². The van der Waals surface area contributed by atoms with Crippen LogP contribution in [-0.2, 0) is 16.4 Å². The molecule has 1 amide bonds. The first-order valence-electron chi connectivity index (χ1n) is 7.84. The predicted molar refractivity (Wildman–Crippen MR) is 94.5 cm³/mol. The third-order valence-electron chi connectivity index (χ3n) is 4.10. The molecule has 1 aliphatic rings. The van der Waals surface area contributed by atoms with Crippen molar-refractivity contribution >= 4 is 27.3 Å². The van der Waals surface area contributed by atoms with Crippen molar-refractivity contribution < 1.29 is 22.2 Å². The molecule has 0 bridgehead atoms. The second-order valence-corrected chi connectivity index (χ2v) is 7.84. The molecule has 3 heterocycles. The maximum atomic E-state index is 12.4. The Hall–Kier alpha value is -3.07. The molecule has 134 valence electrons. The average molecular weight is 373 g/mol. The van der Waals surface area contributed by atoms with Crippen molar-refractivity contribution in [3.05, 3.63) is 53.9 Å². The molecule has 0 atom stereocenters. The van der Waals surface area contributed by atoms with Crippen LogP contribution in [0.3, 0.4) is 0 Å². The SMILES string of the molecule is CS(=O)(=O)N1CCc2ccc(NC(=O)c3cc(-c4ccco4)on3)cc21. The number of hydrogen-bond donors (Lipinski definition) is 1.